The van der Waals surface area contributed by atoms with Gasteiger partial charge in [-0.15, -0.1) is 0 Å². The van der Waals surface area contributed by atoms with Gasteiger partial charge in [0.05, 0.1) is 0 Å². The van der Waals surface area contributed by atoms with Gasteiger partial charge in [0.15, 0.2) is 0 Å². The zero-order valence-electron chi connectivity index (χ0n) is 37.0. The normalized spacial score (nSPS) is 26.3. The molecule has 2 N–H and O–H groups in total. The Morgan fingerprint density at radius 3 is 2.68 bits per heavy atom. The van der Waals surface area contributed by atoms with Crippen LogP contribution in [0.15, 0.2) is 41.9 Å². The fourth-order valence-corrected chi connectivity index (χ4v) is 14.0. The van der Waals surface area contributed by atoms with Gasteiger partial charge in [0.25, 0.3) is 0 Å². The molecule has 334 valence electrons. The minimum atomic E-state index is -2.74. The molecule has 1 aliphatic carbocycles. The summed E-state index contributed by atoms with van der Waals surface area (Å²) in [5.74, 6) is -1.50. The molecule has 8 rings (SSSR count). The number of alkyl halides is 1. The average molecular weight is 982 g/mol. The Morgan fingerprint density at radius 2 is 1.95 bits per heavy atom. The summed E-state index contributed by atoms with van der Waals surface area (Å²) in [6, 6.07) is 9.28. The third-order valence-corrected chi connectivity index (χ3v) is 18.2. The van der Waals surface area contributed by atoms with Crippen LogP contribution >= 0.6 is 31.4 Å². The van der Waals surface area contributed by atoms with Crippen LogP contribution in [0.3, 0.4) is 0 Å². The van der Waals surface area contributed by atoms with E-state index in [4.69, 9.17) is 24.2 Å². The topological polar surface area (TPSA) is 157 Å². The van der Waals surface area contributed by atoms with E-state index in [9.17, 15) is 19.2 Å². The van der Waals surface area contributed by atoms with E-state index < -0.39 is 55.4 Å². The van der Waals surface area contributed by atoms with E-state index in [0.717, 1.165) is 51.1 Å². The predicted octanol–water partition coefficient (Wildman–Crippen LogP) is 7.74. The van der Waals surface area contributed by atoms with Gasteiger partial charge in [0, 0.05) is 0 Å². The van der Waals surface area contributed by atoms with E-state index in [1.807, 2.05) is 37.1 Å². The molecule has 14 nitrogen and oxygen atoms in total. The van der Waals surface area contributed by atoms with E-state index in [-0.39, 0.29) is 41.0 Å². The Labute approximate surface area is 375 Å². The van der Waals surface area contributed by atoms with Gasteiger partial charge < -0.3 is 0 Å². The summed E-state index contributed by atoms with van der Waals surface area (Å²) in [7, 11) is 1.69. The second kappa shape index (κ2) is 18.3. The van der Waals surface area contributed by atoms with Gasteiger partial charge in [-0.2, -0.15) is 0 Å². The van der Waals surface area contributed by atoms with E-state index in [1.54, 1.807) is 13.3 Å². The number of ether oxygens (including phenoxy) is 3. The number of aryl methyl sites for hydroxylation is 1. The van der Waals surface area contributed by atoms with Gasteiger partial charge in [0.2, 0.25) is 0 Å². The summed E-state index contributed by atoms with van der Waals surface area (Å²) in [4.78, 5) is 68.5. The fourth-order valence-electron chi connectivity index (χ4n) is 9.44. The Hall–Kier alpha value is -3.97. The van der Waals surface area contributed by atoms with Crippen LogP contribution in [0.1, 0.15) is 89.8 Å². The third-order valence-electron chi connectivity index (χ3n) is 12.9. The number of hydrazine groups is 1. The zero-order chi connectivity index (χ0) is 44.0. The molecule has 16 heteroatoms. The van der Waals surface area contributed by atoms with Crippen LogP contribution in [-0.4, -0.2) is 96.6 Å². The molecule has 62 heavy (non-hydrogen) atoms. The zero-order valence-corrected chi connectivity index (χ0v) is 40.0. The molecule has 4 aromatic rings. The second-order valence-corrected chi connectivity index (χ2v) is 23.4. The van der Waals surface area contributed by atoms with Crippen LogP contribution in [0.25, 0.3) is 33.4 Å². The third kappa shape index (κ3) is 8.65. The van der Waals surface area contributed by atoms with Crippen LogP contribution in [0.5, 0.6) is 0 Å². The summed E-state index contributed by atoms with van der Waals surface area (Å²) >= 11 is -1.36. The van der Waals surface area contributed by atoms with Gasteiger partial charge in [-0.3, -0.25) is 0 Å². The van der Waals surface area contributed by atoms with Crippen molar-refractivity contribution in [2.45, 2.75) is 92.5 Å². The number of likely N-dealkylation sites (tertiary alicyclic amines) is 1. The molecule has 1 aromatic carbocycles. The molecule has 4 aliphatic rings. The van der Waals surface area contributed by atoms with Crippen LogP contribution in [0.2, 0.25) is 0 Å². The van der Waals surface area contributed by atoms with Crippen molar-refractivity contribution in [3.8, 4) is 22.5 Å². The van der Waals surface area contributed by atoms with Crippen molar-refractivity contribution in [2.24, 2.45) is 29.1 Å². The number of carbonyl (C=O) groups excluding carboxylic acids is 4. The monoisotopic (exact) mass is 981 g/mol. The van der Waals surface area contributed by atoms with Crippen LogP contribution in [0, 0.1) is 29.1 Å². The summed E-state index contributed by atoms with van der Waals surface area (Å²) in [5.41, 5.74) is 6.20. The Balaban J connectivity index is 1.22. The predicted molar refractivity (Wildman–Crippen MR) is 247 cm³/mol. The van der Waals surface area contributed by atoms with E-state index in [2.05, 4.69) is 65.5 Å². The molecule has 3 aromatic heterocycles. The number of rotatable bonds is 9. The van der Waals surface area contributed by atoms with E-state index in [0.29, 0.717) is 54.4 Å². The summed E-state index contributed by atoms with van der Waals surface area (Å²) < 4.78 is 24.4. The number of amides is 3. The first-order valence-electron chi connectivity index (χ1n) is 21.9. The standard InChI is InChI=1S/C46H60IN7O7S/c1-9-53-34-15-14-29-21-31(34)32(39(53)30-13-11-18-48-37(30)28(5)59-8)22-46(6,7)25-61-45(58)47-17-12-19-54(51-47)44(57)38(40(60-10-2)42-49-33(29)24-62-42)50-41(55)35-27(4)36(35)43(56)52-20-16-26(3)23-52/h11,13-15,18,21,24,26-28,35-36,38,40,51H,9-10,12,16-17,19-20,22-23,25H2,1-8H3,(H,50,55)/t26-,27-,28+,35-,36-,38?,40+/m1/s1. The maximum atomic E-state index is 14.8. The molecule has 3 fully saturated rings. The van der Waals surface area contributed by atoms with Crippen molar-refractivity contribution in [3.05, 3.63) is 58.2 Å². The number of nitrogens with one attached hydrogen (secondary N) is 2. The minimum absolute atomic E-state index is 0.00453. The van der Waals surface area contributed by atoms with Gasteiger partial charge in [-0.05, 0) is 0 Å². The molecule has 1 unspecified atom stereocenters. The average Bonchev–Trinajstić information content (AvgIpc) is 3.61. The number of pyridine rings is 1. The van der Waals surface area contributed by atoms with Crippen molar-refractivity contribution in [3.63, 3.8) is 0 Å². The molecule has 0 radical (unpaired) electrons. The number of nitrogens with zero attached hydrogens (tertiary/aromatic N) is 5. The molecule has 1 saturated carbocycles. The number of halogens is 1. The second-order valence-electron chi connectivity index (χ2n) is 18.0. The molecular formula is C46H60IN7O7S. The number of hydrogen-bond acceptors (Lipinski definition) is 11. The van der Waals surface area contributed by atoms with Crippen LogP contribution in [0.4, 0.5) is 4.79 Å². The Kier molecular flexibility index (Phi) is 13.1. The number of methoxy groups -OCH3 is 1. The number of fused-ring (bicyclic) bond motifs is 6. The molecule has 6 heterocycles. The number of cyclic esters (lactones) is 1. The first kappa shape index (κ1) is 44.6. The van der Waals surface area contributed by atoms with Crippen molar-refractivity contribution >= 4 is 64.0 Å². The molecule has 3 amide bonds. The van der Waals surface area contributed by atoms with Crippen LogP contribution in [-0.2, 0) is 41.6 Å². The first-order valence-corrected chi connectivity index (χ1v) is 26.5. The molecule has 0 spiro atoms. The van der Waals surface area contributed by atoms with Crippen molar-refractivity contribution < 1.29 is 33.4 Å². The number of aromatic nitrogens is 3. The molecule has 2 saturated heterocycles. The van der Waals surface area contributed by atoms with Crippen molar-refractivity contribution in [1.82, 2.24) is 33.4 Å². The van der Waals surface area contributed by atoms with Gasteiger partial charge in [-0.1, -0.05) is 6.92 Å². The number of benzene rings is 1. The van der Waals surface area contributed by atoms with Gasteiger partial charge >= 0.3 is 371 Å². The quantitative estimate of drug-likeness (QED) is 0.0736. The Bertz CT molecular complexity index is 2350. The number of hydrogen-bond donors (Lipinski definition) is 2. The number of carbonyl (C=O) groups is 4. The van der Waals surface area contributed by atoms with E-state index in [1.165, 1.54) is 16.3 Å². The maximum absolute atomic E-state index is 14.8. The van der Waals surface area contributed by atoms with Gasteiger partial charge in [-0.25, -0.2) is 0 Å². The summed E-state index contributed by atoms with van der Waals surface area (Å²) in [5, 5.41) is 8.14. The molecular weight excluding hydrogens is 922 g/mol. The van der Waals surface area contributed by atoms with Gasteiger partial charge in [0.1, 0.15) is 0 Å². The SMILES string of the molecule is CCO[C@@H]1c2nc(cs2)-c2ccc3c(c2)c(c(-c2cccnc2[C@H](C)OC)n3CC)CC(C)(C)COC(=O)I2CCCN(N2)C(=O)C1NC(=O)[C@@H]1[C@@H](C)[C@H]1C(=O)N1CC[C@@H](C)C1. The molecule has 3 aliphatic heterocycles. The first-order chi connectivity index (χ1) is 29.7. The number of thiazole rings is 1. The molecule has 6 bridgehead atoms. The fraction of sp³-hybridized carbons (Fsp3) is 0.565. The van der Waals surface area contributed by atoms with Crippen molar-refractivity contribution in [1.29, 1.82) is 0 Å². The molecule has 7 atom stereocenters. The van der Waals surface area contributed by atoms with Crippen molar-refractivity contribution in [2.75, 3.05) is 44.4 Å². The van der Waals surface area contributed by atoms with Crippen LogP contribution < -0.4 is 8.96 Å². The Morgan fingerprint density at radius 1 is 1.15 bits per heavy atom. The summed E-state index contributed by atoms with van der Waals surface area (Å²) in [6.45, 7) is 17.2. The van der Waals surface area contributed by atoms with E-state index >= 15 is 0 Å². The summed E-state index contributed by atoms with van der Waals surface area (Å²) in [6.07, 6.45) is 2.78.